The third-order valence-electron chi connectivity index (χ3n) is 6.38. The largest absolute Gasteiger partial charge is 0.384 e. The topological polar surface area (TPSA) is 58.6 Å². The van der Waals surface area contributed by atoms with Gasteiger partial charge in [0, 0.05) is 26.2 Å². The Hall–Kier alpha value is -1.10. The molecule has 0 aromatic heterocycles. The second-order valence-electron chi connectivity index (χ2n) is 8.22. The first-order chi connectivity index (χ1) is 10.9. The van der Waals surface area contributed by atoms with E-state index in [0.717, 1.165) is 51.6 Å². The molecule has 3 fully saturated rings. The highest BCUT2D eigenvalue weighted by Crippen LogP contribution is 2.42. The predicted molar refractivity (Wildman–Crippen MR) is 87.8 cm³/mol. The van der Waals surface area contributed by atoms with Crippen LogP contribution in [0.1, 0.15) is 52.4 Å². The van der Waals surface area contributed by atoms with E-state index in [1.807, 2.05) is 18.7 Å². The van der Waals surface area contributed by atoms with E-state index in [2.05, 4.69) is 5.32 Å². The van der Waals surface area contributed by atoms with Gasteiger partial charge in [0.2, 0.25) is 11.8 Å². The van der Waals surface area contributed by atoms with Gasteiger partial charge in [0.15, 0.2) is 0 Å². The number of β-lactam (4-membered cyclic amide) rings is 1. The van der Waals surface area contributed by atoms with Gasteiger partial charge in [-0.1, -0.05) is 12.8 Å². The standard InChI is InChI=1S/C18H30N2O3/c1-17(2)14(19-15(17)21)13-6-10-20(11-7-13)16(22)18(12-23-3)8-4-5-9-18/h13-14H,4-12H2,1-3H3,(H,19,21)/t14-/m0/s1. The van der Waals surface area contributed by atoms with Crippen molar-refractivity contribution in [3.05, 3.63) is 0 Å². The molecule has 2 amide bonds. The van der Waals surface area contributed by atoms with Crippen LogP contribution >= 0.6 is 0 Å². The van der Waals surface area contributed by atoms with E-state index in [1.165, 1.54) is 0 Å². The zero-order chi connectivity index (χ0) is 16.7. The molecular formula is C18H30N2O3. The number of ether oxygens (including phenoxy) is 1. The van der Waals surface area contributed by atoms with Gasteiger partial charge in [-0.2, -0.15) is 0 Å². The van der Waals surface area contributed by atoms with Crippen molar-refractivity contribution in [3.63, 3.8) is 0 Å². The van der Waals surface area contributed by atoms with Crippen LogP contribution in [0.3, 0.4) is 0 Å². The van der Waals surface area contributed by atoms with Crippen LogP contribution in [0.2, 0.25) is 0 Å². The maximum Gasteiger partial charge on any atom is 0.231 e. The van der Waals surface area contributed by atoms with Crippen molar-refractivity contribution >= 4 is 11.8 Å². The Labute approximate surface area is 139 Å². The van der Waals surface area contributed by atoms with Gasteiger partial charge in [-0.25, -0.2) is 0 Å². The monoisotopic (exact) mass is 322 g/mol. The molecule has 0 bridgehead atoms. The van der Waals surface area contributed by atoms with Gasteiger partial charge in [-0.15, -0.1) is 0 Å². The second-order valence-corrected chi connectivity index (χ2v) is 8.22. The van der Waals surface area contributed by atoms with Gasteiger partial charge in [-0.05, 0) is 45.4 Å². The molecule has 0 radical (unpaired) electrons. The lowest BCUT2D eigenvalue weighted by atomic mass is 9.67. The van der Waals surface area contributed by atoms with E-state index in [0.29, 0.717) is 18.4 Å². The summed E-state index contributed by atoms with van der Waals surface area (Å²) in [6.45, 7) is 6.24. The number of hydrogen-bond acceptors (Lipinski definition) is 3. The number of amides is 2. The third-order valence-corrected chi connectivity index (χ3v) is 6.38. The molecule has 0 aromatic carbocycles. The van der Waals surface area contributed by atoms with E-state index >= 15 is 0 Å². The molecule has 2 aliphatic heterocycles. The van der Waals surface area contributed by atoms with Crippen LogP contribution in [0, 0.1) is 16.7 Å². The van der Waals surface area contributed by atoms with Crippen molar-refractivity contribution in [1.82, 2.24) is 10.2 Å². The number of nitrogens with zero attached hydrogens (tertiary/aromatic N) is 1. The minimum atomic E-state index is -0.272. The number of methoxy groups -OCH3 is 1. The SMILES string of the molecule is COCC1(C(=O)N2CCC([C@@H]3NC(=O)C3(C)C)CC2)CCCC1. The van der Waals surface area contributed by atoms with Crippen molar-refractivity contribution < 1.29 is 14.3 Å². The number of carbonyl (C=O) groups excluding carboxylic acids is 2. The van der Waals surface area contributed by atoms with Crippen molar-refractivity contribution in [2.24, 2.45) is 16.7 Å². The first-order valence-electron chi connectivity index (χ1n) is 9.00. The smallest absolute Gasteiger partial charge is 0.231 e. The Kier molecular flexibility index (Phi) is 4.43. The first-order valence-corrected chi connectivity index (χ1v) is 9.00. The molecular weight excluding hydrogens is 292 g/mol. The molecule has 1 N–H and O–H groups in total. The minimum Gasteiger partial charge on any atom is -0.384 e. The summed E-state index contributed by atoms with van der Waals surface area (Å²) in [6.07, 6.45) is 6.17. The van der Waals surface area contributed by atoms with Gasteiger partial charge in [-0.3, -0.25) is 9.59 Å². The van der Waals surface area contributed by atoms with Gasteiger partial charge in [0.05, 0.1) is 17.4 Å². The molecule has 5 heteroatoms. The van der Waals surface area contributed by atoms with E-state index in [9.17, 15) is 9.59 Å². The zero-order valence-electron chi connectivity index (χ0n) is 14.7. The number of rotatable bonds is 4. The van der Waals surface area contributed by atoms with Crippen LogP contribution in [0.5, 0.6) is 0 Å². The van der Waals surface area contributed by atoms with Crippen LogP contribution in [-0.2, 0) is 14.3 Å². The normalized spacial score (nSPS) is 30.0. The van der Waals surface area contributed by atoms with Crippen LogP contribution < -0.4 is 5.32 Å². The maximum atomic E-state index is 13.0. The average Bonchev–Trinajstić information content (AvgIpc) is 3.02. The Morgan fingerprint density at radius 3 is 2.35 bits per heavy atom. The number of piperidine rings is 1. The summed E-state index contributed by atoms with van der Waals surface area (Å²) in [6, 6.07) is 0.270. The highest BCUT2D eigenvalue weighted by atomic mass is 16.5. The lowest BCUT2D eigenvalue weighted by Crippen LogP contribution is -2.68. The Bertz CT molecular complexity index is 475. The van der Waals surface area contributed by atoms with Crippen LogP contribution in [0.15, 0.2) is 0 Å². The second kappa shape index (κ2) is 6.08. The van der Waals surface area contributed by atoms with Gasteiger partial charge < -0.3 is 15.0 Å². The van der Waals surface area contributed by atoms with Crippen LogP contribution in [-0.4, -0.2) is 49.6 Å². The molecule has 5 nitrogen and oxygen atoms in total. The lowest BCUT2D eigenvalue weighted by molar-refractivity contribution is -0.151. The number of nitrogens with one attached hydrogen (secondary N) is 1. The van der Waals surface area contributed by atoms with E-state index in [4.69, 9.17) is 4.74 Å². The molecule has 2 heterocycles. The molecule has 3 rings (SSSR count). The molecule has 1 aliphatic carbocycles. The Morgan fingerprint density at radius 1 is 1.26 bits per heavy atom. The van der Waals surface area contributed by atoms with E-state index in [1.54, 1.807) is 7.11 Å². The number of carbonyl (C=O) groups is 2. The molecule has 0 unspecified atom stereocenters. The van der Waals surface area contributed by atoms with E-state index in [-0.39, 0.29) is 22.8 Å². The predicted octanol–water partition coefficient (Wildman–Crippen LogP) is 1.96. The quantitative estimate of drug-likeness (QED) is 0.805. The highest BCUT2D eigenvalue weighted by Gasteiger charge is 2.52. The third kappa shape index (κ3) is 2.77. The number of hydrogen-bond donors (Lipinski definition) is 1. The summed E-state index contributed by atoms with van der Waals surface area (Å²) < 4.78 is 5.37. The summed E-state index contributed by atoms with van der Waals surface area (Å²) >= 11 is 0. The van der Waals surface area contributed by atoms with Crippen molar-refractivity contribution in [2.75, 3.05) is 26.8 Å². The maximum absolute atomic E-state index is 13.0. The molecule has 23 heavy (non-hydrogen) atoms. The molecule has 130 valence electrons. The van der Waals surface area contributed by atoms with Crippen molar-refractivity contribution in [1.29, 1.82) is 0 Å². The molecule has 3 aliphatic rings. The first kappa shape index (κ1) is 16.7. The van der Waals surface area contributed by atoms with Crippen LogP contribution in [0.4, 0.5) is 0 Å². The zero-order valence-corrected chi connectivity index (χ0v) is 14.7. The van der Waals surface area contributed by atoms with Crippen molar-refractivity contribution in [2.45, 2.75) is 58.4 Å². The van der Waals surface area contributed by atoms with Gasteiger partial charge in [0.25, 0.3) is 0 Å². The van der Waals surface area contributed by atoms with Gasteiger partial charge >= 0.3 is 0 Å². The number of likely N-dealkylation sites (tertiary alicyclic amines) is 1. The molecule has 0 aromatic rings. The fourth-order valence-electron chi connectivity index (χ4n) is 4.80. The Morgan fingerprint density at radius 2 is 1.87 bits per heavy atom. The van der Waals surface area contributed by atoms with Gasteiger partial charge in [0.1, 0.15) is 0 Å². The molecule has 0 spiro atoms. The molecule has 1 saturated carbocycles. The van der Waals surface area contributed by atoms with E-state index < -0.39 is 0 Å². The fraction of sp³-hybridized carbons (Fsp3) is 0.889. The molecule has 2 saturated heterocycles. The van der Waals surface area contributed by atoms with Crippen LogP contribution in [0.25, 0.3) is 0 Å². The molecule has 1 atom stereocenters. The summed E-state index contributed by atoms with van der Waals surface area (Å²) in [5.74, 6) is 0.951. The van der Waals surface area contributed by atoms with Crippen molar-refractivity contribution in [3.8, 4) is 0 Å². The Balaban J connectivity index is 1.58. The summed E-state index contributed by atoms with van der Waals surface area (Å²) in [5.41, 5.74) is -0.523. The lowest BCUT2D eigenvalue weighted by Gasteiger charge is -2.50. The summed E-state index contributed by atoms with van der Waals surface area (Å²) in [7, 11) is 1.70. The summed E-state index contributed by atoms with van der Waals surface area (Å²) in [4.78, 5) is 26.8. The average molecular weight is 322 g/mol. The summed E-state index contributed by atoms with van der Waals surface area (Å²) in [5, 5.41) is 3.07. The fourth-order valence-corrected chi connectivity index (χ4v) is 4.80. The highest BCUT2D eigenvalue weighted by molar-refractivity contribution is 5.89. The minimum absolute atomic E-state index is 0.158.